The van der Waals surface area contributed by atoms with Crippen molar-refractivity contribution >= 4 is 0 Å². The van der Waals surface area contributed by atoms with E-state index in [9.17, 15) is 0 Å². The molecule has 4 heteroatoms. The number of rotatable bonds is 18. The van der Waals surface area contributed by atoms with E-state index in [1.165, 1.54) is 55.2 Å². The maximum Gasteiger partial charge on any atom is 0.0497 e. The Kier molecular flexibility index (Phi) is 29.7. The average molecular weight is 607 g/mol. The van der Waals surface area contributed by atoms with Crippen molar-refractivity contribution in [2.45, 2.75) is 96.8 Å². The summed E-state index contributed by atoms with van der Waals surface area (Å²) < 4.78 is 0. The van der Waals surface area contributed by atoms with Gasteiger partial charge in [-0.05, 0) is 74.0 Å². The summed E-state index contributed by atoms with van der Waals surface area (Å²) in [5.74, 6) is 0.895. The van der Waals surface area contributed by atoms with Crippen LogP contribution < -0.4 is 0 Å². The zero-order valence-corrected chi connectivity index (χ0v) is 27.7. The lowest BCUT2D eigenvalue weighted by Crippen LogP contribution is -1.99. The minimum absolute atomic E-state index is 0.226. The van der Waals surface area contributed by atoms with Gasteiger partial charge in [0, 0.05) is 32.3 Å². The fraction of sp³-hybridized carbons (Fsp3) is 0.500. The molecule has 2 atom stereocenters. The molecule has 0 saturated heterocycles. The molecule has 0 aromatic heterocycles. The van der Waals surface area contributed by atoms with Gasteiger partial charge >= 0.3 is 0 Å². The highest BCUT2D eigenvalue weighted by Crippen LogP contribution is 2.13. The number of benzene rings is 3. The number of aliphatic hydroxyl groups is 4. The Bertz CT molecular complexity index is 962. The zero-order chi connectivity index (χ0) is 32.5. The van der Waals surface area contributed by atoms with E-state index in [0.29, 0.717) is 19.1 Å². The molecule has 4 nitrogen and oxygen atoms in total. The lowest BCUT2D eigenvalue weighted by molar-refractivity contribution is 0.258. The van der Waals surface area contributed by atoms with Crippen molar-refractivity contribution in [3.8, 4) is 0 Å². The topological polar surface area (TPSA) is 80.9 Å². The molecule has 3 rings (SSSR count). The number of hydrogen-bond acceptors (Lipinski definition) is 4. The van der Waals surface area contributed by atoms with Crippen LogP contribution in [0.3, 0.4) is 0 Å². The summed E-state index contributed by atoms with van der Waals surface area (Å²) >= 11 is 0. The van der Waals surface area contributed by atoms with Crippen LogP contribution in [0.4, 0.5) is 0 Å². The maximum atomic E-state index is 8.79. The van der Waals surface area contributed by atoms with E-state index in [4.69, 9.17) is 20.4 Å². The summed E-state index contributed by atoms with van der Waals surface area (Å²) in [6.45, 7) is 9.06. The molecule has 44 heavy (non-hydrogen) atoms. The Morgan fingerprint density at radius 2 is 1.02 bits per heavy atom. The van der Waals surface area contributed by atoms with Gasteiger partial charge in [-0.1, -0.05) is 137 Å². The summed E-state index contributed by atoms with van der Waals surface area (Å²) in [7, 11) is 0. The van der Waals surface area contributed by atoms with Crippen molar-refractivity contribution in [3.05, 3.63) is 120 Å². The van der Waals surface area contributed by atoms with Crippen LogP contribution in [0.2, 0.25) is 0 Å². The van der Waals surface area contributed by atoms with Crippen LogP contribution in [0.5, 0.6) is 0 Å². The van der Waals surface area contributed by atoms with E-state index in [2.05, 4.69) is 49.9 Å². The summed E-state index contributed by atoms with van der Waals surface area (Å²) in [6.07, 6.45) is 15.5. The van der Waals surface area contributed by atoms with Crippen LogP contribution in [0.25, 0.3) is 0 Å². The van der Waals surface area contributed by atoms with E-state index in [-0.39, 0.29) is 19.1 Å². The Morgan fingerprint density at radius 1 is 0.545 bits per heavy atom. The first kappa shape index (κ1) is 41.2. The first-order valence-corrected chi connectivity index (χ1v) is 16.7. The molecule has 3 aromatic rings. The molecule has 2 unspecified atom stereocenters. The molecule has 246 valence electrons. The highest BCUT2D eigenvalue weighted by atomic mass is 16.3. The van der Waals surface area contributed by atoms with Gasteiger partial charge in [0.05, 0.1) is 0 Å². The predicted molar refractivity (Wildman–Crippen MR) is 189 cm³/mol. The Labute approximate surface area is 269 Å². The quantitative estimate of drug-likeness (QED) is 0.0861. The zero-order valence-electron chi connectivity index (χ0n) is 27.7. The van der Waals surface area contributed by atoms with Crippen LogP contribution >= 0.6 is 0 Å². The van der Waals surface area contributed by atoms with Gasteiger partial charge in [0.2, 0.25) is 0 Å². The number of unbranched alkanes of at least 4 members (excludes halogenated alkanes) is 6. The fourth-order valence-electron chi connectivity index (χ4n) is 4.34. The van der Waals surface area contributed by atoms with Crippen molar-refractivity contribution in [1.29, 1.82) is 0 Å². The summed E-state index contributed by atoms with van der Waals surface area (Å²) in [4.78, 5) is 0. The minimum atomic E-state index is 0.226. The van der Waals surface area contributed by atoms with Crippen LogP contribution in [-0.2, 0) is 12.8 Å². The Morgan fingerprint density at radius 3 is 1.50 bits per heavy atom. The number of aliphatic hydroxyl groups excluding tert-OH is 4. The van der Waals surface area contributed by atoms with Crippen LogP contribution in [0.1, 0.15) is 101 Å². The lowest BCUT2D eigenvalue weighted by Gasteiger charge is -2.08. The molecule has 4 N–H and O–H groups in total. The third-order valence-electron chi connectivity index (χ3n) is 7.32. The highest BCUT2D eigenvalue weighted by molar-refractivity contribution is 5.18. The van der Waals surface area contributed by atoms with Gasteiger partial charge in [0.1, 0.15) is 0 Å². The minimum Gasteiger partial charge on any atom is -0.396 e. The molecular weight excluding hydrogens is 544 g/mol. The smallest absolute Gasteiger partial charge is 0.0497 e. The second-order valence-electron chi connectivity index (χ2n) is 11.4. The van der Waals surface area contributed by atoms with Crippen molar-refractivity contribution in [1.82, 2.24) is 0 Å². The molecule has 3 aromatic carbocycles. The normalized spacial score (nSPS) is 11.4. The van der Waals surface area contributed by atoms with E-state index >= 15 is 0 Å². The highest BCUT2D eigenvalue weighted by Gasteiger charge is 2.01. The average Bonchev–Trinajstić information content (AvgIpc) is 3.08. The van der Waals surface area contributed by atoms with E-state index < -0.39 is 0 Å². The van der Waals surface area contributed by atoms with Gasteiger partial charge in [-0.25, -0.2) is 0 Å². The summed E-state index contributed by atoms with van der Waals surface area (Å²) in [5.41, 5.74) is 3.90. The third kappa shape index (κ3) is 25.7. The molecule has 0 aliphatic heterocycles. The molecule has 0 aliphatic rings. The number of aryl methyl sites for hydroxylation is 2. The third-order valence-corrected chi connectivity index (χ3v) is 7.32. The van der Waals surface area contributed by atoms with Crippen LogP contribution in [0.15, 0.2) is 104 Å². The lowest BCUT2D eigenvalue weighted by atomic mass is 9.99. The molecule has 0 bridgehead atoms. The second kappa shape index (κ2) is 31.7. The van der Waals surface area contributed by atoms with E-state index in [1.54, 1.807) is 0 Å². The Hall–Kier alpha value is -2.76. The van der Waals surface area contributed by atoms with Gasteiger partial charge in [-0.15, -0.1) is 6.58 Å². The van der Waals surface area contributed by atoms with Crippen molar-refractivity contribution in [2.75, 3.05) is 26.4 Å². The van der Waals surface area contributed by atoms with Gasteiger partial charge in [0.25, 0.3) is 0 Å². The predicted octanol–water partition coefficient (Wildman–Crippen LogP) is 8.93. The Balaban J connectivity index is 0.000000564. The molecular formula is C40H62O4. The number of hydrogen-bond donors (Lipinski definition) is 4. The first-order valence-electron chi connectivity index (χ1n) is 16.7. The monoisotopic (exact) mass is 606 g/mol. The molecule has 0 saturated carbocycles. The van der Waals surface area contributed by atoms with Gasteiger partial charge in [-0.2, -0.15) is 0 Å². The molecule has 0 radical (unpaired) electrons. The van der Waals surface area contributed by atoms with Crippen molar-refractivity contribution in [3.63, 3.8) is 0 Å². The fourth-order valence-corrected chi connectivity index (χ4v) is 4.34. The number of allylic oxidation sites excluding steroid dienone is 1. The van der Waals surface area contributed by atoms with Gasteiger partial charge in [0.15, 0.2) is 0 Å². The standard InChI is InChI=1S/C12H18O.C10H20O.2C9H12O/c1-11(9-10-13)7-8-12-5-3-2-4-6-12;1-2-3-4-5-6-7-8-9-10-11;1-8(7-10)9-5-3-2-4-6-9;10-8-4-7-9-5-2-1-3-6-9/h2-6,11,13H,7-10H2,1H3;2,11H,1,3-10H2;2-6,8,10H,7H2,1H3;1-3,5-6,10H,4,7-8H2. The maximum absolute atomic E-state index is 8.79. The van der Waals surface area contributed by atoms with Crippen LogP contribution in [0, 0.1) is 5.92 Å². The largest absolute Gasteiger partial charge is 0.396 e. The molecule has 0 aliphatic carbocycles. The van der Waals surface area contributed by atoms with Gasteiger partial charge < -0.3 is 20.4 Å². The van der Waals surface area contributed by atoms with Crippen molar-refractivity contribution < 1.29 is 20.4 Å². The first-order chi connectivity index (χ1) is 21.5. The molecule has 0 heterocycles. The van der Waals surface area contributed by atoms with Crippen LogP contribution in [-0.4, -0.2) is 46.9 Å². The molecule has 0 fully saturated rings. The summed E-state index contributed by atoms with van der Waals surface area (Å²) in [5, 5.41) is 34.5. The second-order valence-corrected chi connectivity index (χ2v) is 11.4. The summed E-state index contributed by atoms with van der Waals surface area (Å²) in [6, 6.07) is 30.7. The molecule has 0 spiro atoms. The van der Waals surface area contributed by atoms with E-state index in [1.807, 2.05) is 67.6 Å². The van der Waals surface area contributed by atoms with Gasteiger partial charge in [-0.3, -0.25) is 0 Å². The van der Waals surface area contributed by atoms with E-state index in [0.717, 1.165) is 38.5 Å². The SMILES string of the molecule is C=CCCCCCCCCO.CC(CCO)CCc1ccccc1.CC(CO)c1ccccc1.OCCCc1ccccc1. The van der Waals surface area contributed by atoms with Crippen molar-refractivity contribution in [2.24, 2.45) is 5.92 Å². The molecule has 0 amide bonds.